The third kappa shape index (κ3) is 10.2. The van der Waals surface area contributed by atoms with Crippen molar-refractivity contribution in [1.82, 2.24) is 15.5 Å². The summed E-state index contributed by atoms with van der Waals surface area (Å²) in [5.74, 6) is -6.45. The first-order valence-electron chi connectivity index (χ1n) is 17.2. The van der Waals surface area contributed by atoms with Gasteiger partial charge in [-0.1, -0.05) is 12.1 Å². The molecule has 59 heavy (non-hydrogen) atoms. The second-order valence-electron chi connectivity index (χ2n) is 12.3. The number of anilines is 4. The number of aromatic nitrogens is 2. The van der Waals surface area contributed by atoms with E-state index in [0.29, 0.717) is 16.8 Å². The molecule has 0 aliphatic carbocycles. The number of hydrogen-bond acceptors (Lipinski definition) is 13. The van der Waals surface area contributed by atoms with Crippen molar-refractivity contribution in [3.63, 3.8) is 0 Å². The van der Waals surface area contributed by atoms with E-state index in [1.165, 1.54) is 73.8 Å². The van der Waals surface area contributed by atoms with Crippen LogP contribution in [0.4, 0.5) is 22.9 Å². The molecule has 0 atom stereocenters. The van der Waals surface area contributed by atoms with Crippen LogP contribution in [0.1, 0.15) is 54.0 Å². The van der Waals surface area contributed by atoms with Crippen LogP contribution in [0.2, 0.25) is 0 Å². The molecule has 0 spiro atoms. The Morgan fingerprint density at radius 3 is 1.81 bits per heavy atom. The van der Waals surface area contributed by atoms with Gasteiger partial charge in [0.2, 0.25) is 5.91 Å². The lowest BCUT2D eigenvalue weighted by atomic mass is 10.1. The zero-order valence-electron chi connectivity index (χ0n) is 31.3. The number of benzene rings is 4. The van der Waals surface area contributed by atoms with Crippen molar-refractivity contribution in [3.05, 3.63) is 118 Å². The summed E-state index contributed by atoms with van der Waals surface area (Å²) in [6, 6.07) is 19.4. The van der Waals surface area contributed by atoms with Gasteiger partial charge in [0, 0.05) is 16.8 Å². The third-order valence-corrected chi connectivity index (χ3v) is 8.26. The number of hydrogen-bond donors (Lipinski definition) is 9. The summed E-state index contributed by atoms with van der Waals surface area (Å²) in [5.41, 5.74) is 0.534. The molecule has 9 N–H and O–H groups in total. The smallest absolute Gasteiger partial charge is 0.339 e. The van der Waals surface area contributed by atoms with Crippen molar-refractivity contribution in [2.45, 2.75) is 6.92 Å². The molecule has 19 nitrogen and oxygen atoms in total. The Balaban J connectivity index is 1.12. The van der Waals surface area contributed by atoms with Crippen LogP contribution in [0.25, 0.3) is 6.08 Å². The fourth-order valence-electron chi connectivity index (χ4n) is 5.27. The van der Waals surface area contributed by atoms with E-state index < -0.39 is 59.1 Å². The van der Waals surface area contributed by atoms with Crippen LogP contribution in [-0.4, -0.2) is 86.9 Å². The number of rotatable bonds is 14. The molecule has 0 unspecified atom stereocenters. The van der Waals surface area contributed by atoms with E-state index in [2.05, 4.69) is 36.8 Å². The van der Waals surface area contributed by atoms with Crippen molar-refractivity contribution in [3.8, 4) is 28.7 Å². The van der Waals surface area contributed by atoms with Gasteiger partial charge in [0.25, 0.3) is 23.6 Å². The lowest BCUT2D eigenvalue weighted by molar-refractivity contribution is -0.115. The molecule has 5 aromatic rings. The van der Waals surface area contributed by atoms with Gasteiger partial charge in [-0.3, -0.25) is 24.0 Å². The summed E-state index contributed by atoms with van der Waals surface area (Å²) < 4.78 is 10.3. The number of nitrogens with zero attached hydrogens (tertiary/aromatic N) is 2. The number of phenols is 3. The van der Waals surface area contributed by atoms with Crippen LogP contribution >= 0.6 is 0 Å². The number of aromatic hydroxyl groups is 3. The fourth-order valence-corrected chi connectivity index (χ4v) is 5.27. The maximum Gasteiger partial charge on any atom is 0.339 e. The van der Waals surface area contributed by atoms with E-state index in [1.54, 1.807) is 25.1 Å². The Kier molecular flexibility index (Phi) is 13.0. The second-order valence-corrected chi connectivity index (χ2v) is 12.3. The molecule has 0 radical (unpaired) electrons. The van der Waals surface area contributed by atoms with Gasteiger partial charge in [-0.15, -0.1) is 10.2 Å². The van der Waals surface area contributed by atoms with Crippen LogP contribution in [0.5, 0.6) is 28.7 Å². The van der Waals surface area contributed by atoms with E-state index in [1.807, 2.05) is 0 Å². The molecule has 19 heteroatoms. The number of amides is 5. The number of carboxylic acids is 1. The first-order chi connectivity index (χ1) is 28.2. The monoisotopic (exact) mass is 805 g/mol. The van der Waals surface area contributed by atoms with Gasteiger partial charge in [0.15, 0.2) is 34.5 Å². The van der Waals surface area contributed by atoms with Gasteiger partial charge in [-0.05, 0) is 91.4 Å². The van der Waals surface area contributed by atoms with Crippen molar-refractivity contribution in [1.29, 1.82) is 0 Å². The highest BCUT2D eigenvalue weighted by Crippen LogP contribution is 2.40. The highest BCUT2D eigenvalue weighted by atomic mass is 16.5. The molecule has 5 amide bonds. The van der Waals surface area contributed by atoms with Gasteiger partial charge in [0.05, 0.1) is 37.7 Å². The van der Waals surface area contributed by atoms with Gasteiger partial charge < -0.3 is 56.5 Å². The molecule has 1 aromatic heterocycles. The molecule has 5 rings (SSSR count). The van der Waals surface area contributed by atoms with E-state index in [0.717, 1.165) is 13.2 Å². The zero-order chi connectivity index (χ0) is 42.8. The van der Waals surface area contributed by atoms with Crippen LogP contribution in [0, 0.1) is 0 Å². The topological polar surface area (TPSA) is 288 Å². The quantitative estimate of drug-likeness (QED) is 0.0711. The summed E-state index contributed by atoms with van der Waals surface area (Å²) in [6.07, 6.45) is 1.61. The van der Waals surface area contributed by atoms with Gasteiger partial charge in [-0.25, -0.2) is 4.79 Å². The van der Waals surface area contributed by atoms with E-state index in [4.69, 9.17) is 9.47 Å². The number of carboxylic acid groups (broad SMARTS) is 1. The SMILES string of the molecule is COc1c(NC(=O)c2ccc(NC(=O)c3ccc(NC(=O)CNC(=O)c4ccc(NC(=O)/C(C)=C/c5ccc(O)cc5)nn4)cc3)c(OC)c2O)ccc(C(=O)O)c1O. The van der Waals surface area contributed by atoms with E-state index >= 15 is 0 Å². The van der Waals surface area contributed by atoms with Crippen LogP contribution < -0.4 is 36.1 Å². The molecule has 0 aliphatic rings. The largest absolute Gasteiger partial charge is 0.508 e. The van der Waals surface area contributed by atoms with Gasteiger partial charge >= 0.3 is 5.97 Å². The molecule has 302 valence electrons. The Hall–Kier alpha value is -8.48. The predicted octanol–water partition coefficient (Wildman–Crippen LogP) is 4.22. The van der Waals surface area contributed by atoms with E-state index in [9.17, 15) is 49.2 Å². The number of phenolic OH excluding ortho intramolecular Hbond substituents is 2. The minimum Gasteiger partial charge on any atom is -0.508 e. The Labute approximate surface area is 334 Å². The summed E-state index contributed by atoms with van der Waals surface area (Å²) in [5, 5.41) is 60.0. The van der Waals surface area contributed by atoms with Crippen molar-refractivity contribution in [2.75, 3.05) is 42.0 Å². The first-order valence-corrected chi connectivity index (χ1v) is 17.2. The second kappa shape index (κ2) is 18.4. The van der Waals surface area contributed by atoms with Crippen LogP contribution in [0.15, 0.2) is 90.5 Å². The van der Waals surface area contributed by atoms with Gasteiger partial charge in [-0.2, -0.15) is 0 Å². The molecule has 0 saturated carbocycles. The molecule has 0 fully saturated rings. The van der Waals surface area contributed by atoms with Gasteiger partial charge in [0.1, 0.15) is 11.3 Å². The molecular formula is C40H35N7O12. The van der Waals surface area contributed by atoms with Crippen LogP contribution in [0.3, 0.4) is 0 Å². The molecule has 0 bridgehead atoms. The molecule has 1 heterocycles. The normalized spacial score (nSPS) is 10.8. The maximum atomic E-state index is 13.1. The maximum absolute atomic E-state index is 13.1. The minimum absolute atomic E-state index is 0.000914. The summed E-state index contributed by atoms with van der Waals surface area (Å²) in [7, 11) is 2.36. The Morgan fingerprint density at radius 1 is 0.644 bits per heavy atom. The highest BCUT2D eigenvalue weighted by Gasteiger charge is 2.24. The standard InChI is InChI=1S/C40H35N7O12/c1-20(18-21-4-10-24(48)11-5-21)36(52)45-30-17-16-29(46-47-30)39(55)41-19-31(49)42-23-8-6-22(7-9-23)37(53)43-27-14-12-25(32(50)34(27)58-2)38(54)44-28-15-13-26(40(56)57)33(51)35(28)59-3/h4-18,48,50-51H,19H2,1-3H3,(H,41,55)(H,42,49)(H,43,53)(H,44,54)(H,56,57)(H,45,47,52)/b20-18+. The summed E-state index contributed by atoms with van der Waals surface area (Å²) >= 11 is 0. The third-order valence-electron chi connectivity index (χ3n) is 8.26. The van der Waals surface area contributed by atoms with Crippen molar-refractivity contribution < 1.29 is 58.7 Å². The molecule has 4 aromatic carbocycles. The zero-order valence-corrected chi connectivity index (χ0v) is 31.3. The van der Waals surface area contributed by atoms with E-state index in [-0.39, 0.29) is 51.3 Å². The Morgan fingerprint density at radius 2 is 1.24 bits per heavy atom. The highest BCUT2D eigenvalue weighted by molar-refractivity contribution is 6.10. The lowest BCUT2D eigenvalue weighted by Crippen LogP contribution is -2.33. The molecule has 0 aliphatic heterocycles. The number of nitrogens with one attached hydrogen (secondary N) is 5. The Bertz CT molecular complexity index is 2470. The van der Waals surface area contributed by atoms with Crippen LogP contribution in [-0.2, 0) is 9.59 Å². The number of methoxy groups -OCH3 is 2. The predicted molar refractivity (Wildman–Crippen MR) is 212 cm³/mol. The molecular weight excluding hydrogens is 770 g/mol. The summed E-state index contributed by atoms with van der Waals surface area (Å²) in [4.78, 5) is 75.1. The van der Waals surface area contributed by atoms with Crippen molar-refractivity contribution in [2.24, 2.45) is 0 Å². The van der Waals surface area contributed by atoms with Crippen molar-refractivity contribution >= 4 is 64.5 Å². The number of carbonyl (C=O) groups excluding carboxylic acids is 5. The number of aromatic carboxylic acids is 1. The fraction of sp³-hybridized carbons (Fsp3) is 0.100. The number of ether oxygens (including phenoxy) is 2. The average molecular weight is 806 g/mol. The average Bonchev–Trinajstić information content (AvgIpc) is 3.21. The first kappa shape index (κ1) is 41.7. The lowest BCUT2D eigenvalue weighted by Gasteiger charge is -2.16. The summed E-state index contributed by atoms with van der Waals surface area (Å²) in [6.45, 7) is 1.16. The molecule has 0 saturated heterocycles. The number of carbonyl (C=O) groups is 6. The minimum atomic E-state index is -1.42.